The maximum Gasteiger partial charge on any atom is 0.254 e. The van der Waals surface area contributed by atoms with E-state index in [0.29, 0.717) is 18.7 Å². The summed E-state index contributed by atoms with van der Waals surface area (Å²) >= 11 is 0. The third-order valence-corrected chi connectivity index (χ3v) is 3.73. The summed E-state index contributed by atoms with van der Waals surface area (Å²) in [4.78, 5) is 14.2. The van der Waals surface area contributed by atoms with Gasteiger partial charge in [-0.25, -0.2) is 0 Å². The number of aliphatic hydroxyl groups is 1. The topological polar surface area (TPSA) is 40.5 Å². The molecular formula is C15H21NO2. The molecule has 0 heterocycles. The summed E-state index contributed by atoms with van der Waals surface area (Å²) in [5.74, 6) is 0.0396. The summed E-state index contributed by atoms with van der Waals surface area (Å²) in [6.07, 6.45) is 2.24. The Morgan fingerprint density at radius 2 is 2.11 bits per heavy atom. The van der Waals surface area contributed by atoms with Gasteiger partial charge in [0.2, 0.25) is 0 Å². The first-order valence-electron chi connectivity index (χ1n) is 6.78. The van der Waals surface area contributed by atoms with Gasteiger partial charge in [0.1, 0.15) is 0 Å². The summed E-state index contributed by atoms with van der Waals surface area (Å²) < 4.78 is 0. The van der Waals surface area contributed by atoms with Crippen LogP contribution in [0, 0.1) is 0 Å². The van der Waals surface area contributed by atoms with Crippen LogP contribution in [0.3, 0.4) is 0 Å². The molecule has 1 aliphatic carbocycles. The second kappa shape index (κ2) is 5.53. The molecule has 1 amide bonds. The maximum atomic E-state index is 12.4. The predicted octanol–water partition coefficient (Wildman–Crippen LogP) is 2.54. The van der Waals surface area contributed by atoms with Crippen LogP contribution < -0.4 is 0 Å². The zero-order valence-electron chi connectivity index (χ0n) is 11.1. The van der Waals surface area contributed by atoms with Crippen LogP contribution in [-0.2, 0) is 6.42 Å². The lowest BCUT2D eigenvalue weighted by molar-refractivity contribution is 0.0762. The Balaban J connectivity index is 2.42. The molecule has 1 N–H and O–H groups in total. The number of nitrogens with zero attached hydrogens (tertiary/aromatic N) is 1. The van der Waals surface area contributed by atoms with Crippen molar-refractivity contribution in [3.63, 3.8) is 0 Å². The van der Waals surface area contributed by atoms with Crippen LogP contribution in [0.4, 0.5) is 0 Å². The van der Waals surface area contributed by atoms with Crippen LogP contribution in [0.2, 0.25) is 0 Å². The molecule has 3 heteroatoms. The maximum absolute atomic E-state index is 12.4. The highest BCUT2D eigenvalue weighted by Gasteiger charge is 2.25. The number of amides is 1. The van der Waals surface area contributed by atoms with Crippen molar-refractivity contribution in [3.8, 4) is 0 Å². The fourth-order valence-corrected chi connectivity index (χ4v) is 2.72. The number of benzene rings is 1. The van der Waals surface area contributed by atoms with Gasteiger partial charge in [0.05, 0.1) is 6.10 Å². The van der Waals surface area contributed by atoms with Crippen LogP contribution in [0.25, 0.3) is 0 Å². The minimum Gasteiger partial charge on any atom is -0.388 e. The van der Waals surface area contributed by atoms with E-state index in [1.165, 1.54) is 0 Å². The highest BCUT2D eigenvalue weighted by molar-refractivity contribution is 5.96. The minimum atomic E-state index is -0.482. The molecule has 1 aromatic carbocycles. The van der Waals surface area contributed by atoms with E-state index in [2.05, 4.69) is 0 Å². The lowest BCUT2D eigenvalue weighted by Crippen LogP contribution is -2.32. The average Bonchev–Trinajstić information content (AvgIpc) is 2.39. The zero-order chi connectivity index (χ0) is 13.1. The number of hydrogen-bond acceptors (Lipinski definition) is 2. The summed E-state index contributed by atoms with van der Waals surface area (Å²) in [6, 6.07) is 5.79. The van der Waals surface area contributed by atoms with Crippen LogP contribution in [-0.4, -0.2) is 29.0 Å². The monoisotopic (exact) mass is 247 g/mol. The second-order valence-electron chi connectivity index (χ2n) is 4.76. The van der Waals surface area contributed by atoms with Crippen molar-refractivity contribution in [2.45, 2.75) is 39.2 Å². The second-order valence-corrected chi connectivity index (χ2v) is 4.76. The van der Waals surface area contributed by atoms with Crippen molar-refractivity contribution in [1.29, 1.82) is 0 Å². The minimum absolute atomic E-state index is 0.0396. The van der Waals surface area contributed by atoms with E-state index in [1.807, 2.05) is 32.0 Å². The molecule has 98 valence electrons. The van der Waals surface area contributed by atoms with E-state index >= 15 is 0 Å². The van der Waals surface area contributed by atoms with Gasteiger partial charge in [-0.1, -0.05) is 12.1 Å². The first-order chi connectivity index (χ1) is 8.69. The third kappa shape index (κ3) is 2.27. The summed E-state index contributed by atoms with van der Waals surface area (Å²) in [6.45, 7) is 5.37. The molecule has 18 heavy (non-hydrogen) atoms. The molecule has 0 saturated carbocycles. The summed E-state index contributed by atoms with van der Waals surface area (Å²) in [5.41, 5.74) is 2.68. The number of aryl methyl sites for hydroxylation is 1. The van der Waals surface area contributed by atoms with E-state index in [0.717, 1.165) is 30.4 Å². The molecular weight excluding hydrogens is 226 g/mol. The molecule has 0 fully saturated rings. The Morgan fingerprint density at radius 1 is 1.39 bits per heavy atom. The van der Waals surface area contributed by atoms with Crippen LogP contribution in [0.1, 0.15) is 54.3 Å². The number of hydrogen-bond donors (Lipinski definition) is 1. The first kappa shape index (κ1) is 13.1. The number of aliphatic hydroxyl groups excluding tert-OH is 1. The average molecular weight is 247 g/mol. The Bertz CT molecular complexity index is 438. The standard InChI is InChI=1S/C15H21NO2/c1-3-16(4-2)15(18)12-9-5-7-11-8-6-10-13(17)14(11)12/h5,7,9,13,17H,3-4,6,8,10H2,1-2H3. The number of carbonyl (C=O) groups is 1. The van der Waals surface area contributed by atoms with Crippen LogP contribution in [0.5, 0.6) is 0 Å². The smallest absolute Gasteiger partial charge is 0.254 e. The Kier molecular flexibility index (Phi) is 4.02. The molecule has 1 aliphatic rings. The lowest BCUT2D eigenvalue weighted by Gasteiger charge is -2.26. The van der Waals surface area contributed by atoms with Gasteiger partial charge in [-0.15, -0.1) is 0 Å². The molecule has 1 atom stereocenters. The van der Waals surface area contributed by atoms with Gasteiger partial charge in [-0.3, -0.25) is 4.79 Å². The van der Waals surface area contributed by atoms with Crippen LogP contribution in [0.15, 0.2) is 18.2 Å². The lowest BCUT2D eigenvalue weighted by atomic mass is 9.86. The van der Waals surface area contributed by atoms with Gasteiger partial charge in [0, 0.05) is 18.7 Å². The third-order valence-electron chi connectivity index (χ3n) is 3.73. The van der Waals surface area contributed by atoms with Gasteiger partial charge >= 0.3 is 0 Å². The fourth-order valence-electron chi connectivity index (χ4n) is 2.72. The molecule has 0 aromatic heterocycles. The van der Waals surface area contributed by atoms with E-state index in [9.17, 15) is 9.90 Å². The Hall–Kier alpha value is -1.35. The molecule has 0 saturated heterocycles. The number of fused-ring (bicyclic) bond motifs is 1. The highest BCUT2D eigenvalue weighted by atomic mass is 16.3. The molecule has 2 rings (SSSR count). The molecule has 3 nitrogen and oxygen atoms in total. The summed E-state index contributed by atoms with van der Waals surface area (Å²) in [5, 5.41) is 10.1. The van der Waals surface area contributed by atoms with E-state index in [-0.39, 0.29) is 5.91 Å². The van der Waals surface area contributed by atoms with Crippen molar-refractivity contribution >= 4 is 5.91 Å². The molecule has 1 aromatic rings. The van der Waals surface area contributed by atoms with Gasteiger partial charge in [0.25, 0.3) is 5.91 Å². The normalized spacial score (nSPS) is 18.3. The SMILES string of the molecule is CCN(CC)C(=O)c1cccc2c1C(O)CCC2. The molecule has 0 aliphatic heterocycles. The summed E-state index contributed by atoms with van der Waals surface area (Å²) in [7, 11) is 0. The van der Waals surface area contributed by atoms with E-state index < -0.39 is 6.10 Å². The van der Waals surface area contributed by atoms with Crippen LogP contribution >= 0.6 is 0 Å². The van der Waals surface area contributed by atoms with E-state index in [4.69, 9.17) is 0 Å². The van der Waals surface area contributed by atoms with Gasteiger partial charge in [-0.05, 0) is 50.3 Å². The van der Waals surface area contributed by atoms with Crippen molar-refractivity contribution in [2.75, 3.05) is 13.1 Å². The number of carbonyl (C=O) groups excluding carboxylic acids is 1. The zero-order valence-corrected chi connectivity index (χ0v) is 11.1. The fraction of sp³-hybridized carbons (Fsp3) is 0.533. The van der Waals surface area contributed by atoms with Crippen molar-refractivity contribution < 1.29 is 9.90 Å². The van der Waals surface area contributed by atoms with Gasteiger partial charge < -0.3 is 10.0 Å². The van der Waals surface area contributed by atoms with Gasteiger partial charge in [0.15, 0.2) is 0 Å². The molecule has 0 spiro atoms. The quantitative estimate of drug-likeness (QED) is 0.891. The Labute approximate surface area is 108 Å². The van der Waals surface area contributed by atoms with Gasteiger partial charge in [-0.2, -0.15) is 0 Å². The highest BCUT2D eigenvalue weighted by Crippen LogP contribution is 2.32. The first-order valence-corrected chi connectivity index (χ1v) is 6.78. The number of rotatable bonds is 3. The molecule has 0 radical (unpaired) electrons. The largest absolute Gasteiger partial charge is 0.388 e. The van der Waals surface area contributed by atoms with Crippen molar-refractivity contribution in [1.82, 2.24) is 4.90 Å². The van der Waals surface area contributed by atoms with Crippen molar-refractivity contribution in [3.05, 3.63) is 34.9 Å². The predicted molar refractivity (Wildman–Crippen MR) is 71.6 cm³/mol. The molecule has 1 unspecified atom stereocenters. The van der Waals surface area contributed by atoms with Crippen molar-refractivity contribution in [2.24, 2.45) is 0 Å². The Morgan fingerprint density at radius 3 is 2.78 bits per heavy atom. The molecule has 0 bridgehead atoms. The van der Waals surface area contributed by atoms with E-state index in [1.54, 1.807) is 4.90 Å².